The van der Waals surface area contributed by atoms with Crippen LogP contribution >= 0.6 is 0 Å². The quantitative estimate of drug-likeness (QED) is 0.771. The second-order valence-electron chi connectivity index (χ2n) is 7.24. The van der Waals surface area contributed by atoms with Gasteiger partial charge in [-0.2, -0.15) is 0 Å². The van der Waals surface area contributed by atoms with Crippen molar-refractivity contribution in [2.24, 2.45) is 0 Å². The summed E-state index contributed by atoms with van der Waals surface area (Å²) in [5, 5.41) is 3.50. The van der Waals surface area contributed by atoms with E-state index in [0.29, 0.717) is 6.42 Å². The molecule has 4 rings (SSSR count). The summed E-state index contributed by atoms with van der Waals surface area (Å²) in [6.07, 6.45) is 5.21. The smallest absolute Gasteiger partial charge is 0.310 e. The monoisotopic (exact) mass is 391 g/mol. The molecule has 1 aliphatic heterocycles. The Kier molecular flexibility index (Phi) is 4.67. The molecule has 1 aliphatic carbocycles. The van der Waals surface area contributed by atoms with Crippen molar-refractivity contribution in [3.63, 3.8) is 0 Å². The standard InChI is InChI=1S/C19H21NO6S/c21-18(20-15-4-5-27(23,24)11-15)10-26-19(22)8-14-9-25-17-7-13-3-1-2-12(13)6-16(14)17/h6-7,9,15H,1-5,8,10-11H2,(H,20,21)/t15-/m0/s1. The molecule has 1 aromatic heterocycles. The van der Waals surface area contributed by atoms with Crippen LogP contribution in [-0.2, 0) is 43.4 Å². The zero-order chi connectivity index (χ0) is 19.0. The first-order valence-corrected chi connectivity index (χ1v) is 10.9. The summed E-state index contributed by atoms with van der Waals surface area (Å²) < 4.78 is 33.4. The van der Waals surface area contributed by atoms with Crippen LogP contribution in [-0.4, -0.2) is 44.4 Å². The summed E-state index contributed by atoms with van der Waals surface area (Å²) >= 11 is 0. The Bertz CT molecular complexity index is 1010. The number of carbonyl (C=O) groups is 2. The number of amides is 1. The molecule has 1 saturated heterocycles. The van der Waals surface area contributed by atoms with Crippen molar-refractivity contribution in [2.45, 2.75) is 38.1 Å². The van der Waals surface area contributed by atoms with Gasteiger partial charge in [0.15, 0.2) is 16.4 Å². The summed E-state index contributed by atoms with van der Waals surface area (Å²) in [6.45, 7) is -0.416. The first kappa shape index (κ1) is 18.0. The van der Waals surface area contributed by atoms with Gasteiger partial charge in [-0.15, -0.1) is 0 Å². The average Bonchev–Trinajstić information content (AvgIpc) is 3.30. The maximum atomic E-state index is 12.1. The van der Waals surface area contributed by atoms with E-state index in [-0.39, 0.29) is 17.9 Å². The van der Waals surface area contributed by atoms with Crippen LogP contribution in [0.15, 0.2) is 22.8 Å². The number of nitrogens with one attached hydrogen (secondary N) is 1. The molecule has 0 saturated carbocycles. The van der Waals surface area contributed by atoms with E-state index in [1.807, 2.05) is 6.07 Å². The molecule has 8 heteroatoms. The first-order valence-electron chi connectivity index (χ1n) is 9.07. The lowest BCUT2D eigenvalue weighted by Gasteiger charge is -2.10. The fraction of sp³-hybridized carbons (Fsp3) is 0.474. The molecular weight excluding hydrogens is 370 g/mol. The van der Waals surface area contributed by atoms with Crippen LogP contribution in [0.25, 0.3) is 11.0 Å². The molecular formula is C19H21NO6S. The van der Waals surface area contributed by atoms with E-state index < -0.39 is 34.4 Å². The van der Waals surface area contributed by atoms with Gasteiger partial charge in [0, 0.05) is 17.0 Å². The Labute approximate surface area is 157 Å². The van der Waals surface area contributed by atoms with Crippen LogP contribution in [0, 0.1) is 0 Å². The molecule has 1 atom stereocenters. The highest BCUT2D eigenvalue weighted by Crippen LogP contribution is 2.30. The molecule has 2 aliphatic rings. The van der Waals surface area contributed by atoms with Crippen LogP contribution < -0.4 is 5.32 Å². The van der Waals surface area contributed by atoms with E-state index in [1.165, 1.54) is 11.1 Å². The number of aryl methyl sites for hydroxylation is 2. The minimum atomic E-state index is -3.06. The van der Waals surface area contributed by atoms with E-state index in [2.05, 4.69) is 11.4 Å². The Morgan fingerprint density at radius 1 is 1.22 bits per heavy atom. The molecule has 0 unspecified atom stereocenters. The number of benzene rings is 1. The van der Waals surface area contributed by atoms with E-state index in [1.54, 1.807) is 6.26 Å². The molecule has 0 spiro atoms. The number of ether oxygens (including phenoxy) is 1. The van der Waals surface area contributed by atoms with E-state index in [0.717, 1.165) is 35.8 Å². The summed E-state index contributed by atoms with van der Waals surface area (Å²) in [7, 11) is -3.06. The Hall–Kier alpha value is -2.35. The fourth-order valence-electron chi connectivity index (χ4n) is 3.82. The number of esters is 1. The third-order valence-electron chi connectivity index (χ3n) is 5.16. The SMILES string of the molecule is O=C(COC(=O)Cc1coc2cc3c(cc12)CCC3)N[C@H]1CCS(=O)(=O)C1. The Balaban J connectivity index is 1.32. The van der Waals surface area contributed by atoms with Gasteiger partial charge >= 0.3 is 5.97 Å². The van der Waals surface area contributed by atoms with E-state index >= 15 is 0 Å². The molecule has 2 aromatic rings. The van der Waals surface area contributed by atoms with Gasteiger partial charge in [0.05, 0.1) is 24.2 Å². The Morgan fingerprint density at radius 3 is 2.74 bits per heavy atom. The largest absolute Gasteiger partial charge is 0.464 e. The molecule has 144 valence electrons. The van der Waals surface area contributed by atoms with Gasteiger partial charge < -0.3 is 14.5 Å². The van der Waals surface area contributed by atoms with Crippen molar-refractivity contribution in [2.75, 3.05) is 18.1 Å². The second-order valence-corrected chi connectivity index (χ2v) is 9.47. The van der Waals surface area contributed by atoms with Gasteiger partial charge in [-0.3, -0.25) is 9.59 Å². The predicted octanol–water partition coefficient (Wildman–Crippen LogP) is 1.31. The van der Waals surface area contributed by atoms with Crippen molar-refractivity contribution >= 4 is 32.7 Å². The molecule has 0 bridgehead atoms. The van der Waals surface area contributed by atoms with Crippen molar-refractivity contribution in [1.82, 2.24) is 5.32 Å². The maximum Gasteiger partial charge on any atom is 0.310 e. The summed E-state index contributed by atoms with van der Waals surface area (Å²) in [5.74, 6) is -0.986. The molecule has 1 amide bonds. The molecule has 7 nitrogen and oxygen atoms in total. The number of hydrogen-bond acceptors (Lipinski definition) is 6. The van der Waals surface area contributed by atoms with Crippen molar-refractivity contribution in [3.05, 3.63) is 35.1 Å². The highest BCUT2D eigenvalue weighted by atomic mass is 32.2. The van der Waals surface area contributed by atoms with Gasteiger partial charge in [0.2, 0.25) is 0 Å². The fourth-order valence-corrected chi connectivity index (χ4v) is 5.49. The van der Waals surface area contributed by atoms with E-state index in [9.17, 15) is 18.0 Å². The average molecular weight is 391 g/mol. The number of furan rings is 1. The Morgan fingerprint density at radius 2 is 2.00 bits per heavy atom. The zero-order valence-corrected chi connectivity index (χ0v) is 15.6. The third kappa shape index (κ3) is 4.00. The lowest BCUT2D eigenvalue weighted by atomic mass is 10.0. The van der Waals surface area contributed by atoms with Crippen molar-refractivity contribution in [1.29, 1.82) is 0 Å². The van der Waals surface area contributed by atoms with Crippen LogP contribution in [0.3, 0.4) is 0 Å². The second kappa shape index (κ2) is 6.99. The number of rotatable bonds is 5. The number of fused-ring (bicyclic) bond motifs is 2. The highest BCUT2D eigenvalue weighted by Gasteiger charge is 2.29. The van der Waals surface area contributed by atoms with Crippen molar-refractivity contribution in [3.8, 4) is 0 Å². The molecule has 2 heterocycles. The van der Waals surface area contributed by atoms with E-state index in [4.69, 9.17) is 9.15 Å². The van der Waals surface area contributed by atoms with Crippen LogP contribution in [0.4, 0.5) is 0 Å². The van der Waals surface area contributed by atoms with Gasteiger partial charge in [-0.25, -0.2) is 8.42 Å². The van der Waals surface area contributed by atoms with Gasteiger partial charge in [0.1, 0.15) is 5.58 Å². The normalized spacial score (nSPS) is 20.5. The minimum Gasteiger partial charge on any atom is -0.464 e. The number of sulfone groups is 1. The predicted molar refractivity (Wildman–Crippen MR) is 98.1 cm³/mol. The van der Waals surface area contributed by atoms with Gasteiger partial charge in [-0.05, 0) is 48.9 Å². The van der Waals surface area contributed by atoms with Crippen LogP contribution in [0.5, 0.6) is 0 Å². The highest BCUT2D eigenvalue weighted by molar-refractivity contribution is 7.91. The lowest BCUT2D eigenvalue weighted by Crippen LogP contribution is -2.38. The first-order chi connectivity index (χ1) is 12.9. The number of carbonyl (C=O) groups excluding carboxylic acids is 2. The third-order valence-corrected chi connectivity index (χ3v) is 6.93. The zero-order valence-electron chi connectivity index (χ0n) is 14.8. The lowest BCUT2D eigenvalue weighted by molar-refractivity contribution is -0.148. The molecule has 1 N–H and O–H groups in total. The summed E-state index contributed by atoms with van der Waals surface area (Å²) in [4.78, 5) is 23.9. The maximum absolute atomic E-state index is 12.1. The molecule has 1 aromatic carbocycles. The van der Waals surface area contributed by atoms with Crippen molar-refractivity contribution < 1.29 is 27.2 Å². The summed E-state index contributed by atoms with van der Waals surface area (Å²) in [6, 6.07) is 3.72. The molecule has 27 heavy (non-hydrogen) atoms. The topological polar surface area (TPSA) is 103 Å². The minimum absolute atomic E-state index is 0.0247. The van der Waals surface area contributed by atoms with Gasteiger partial charge in [0.25, 0.3) is 5.91 Å². The summed E-state index contributed by atoms with van der Waals surface area (Å²) in [5.41, 5.74) is 4.10. The van der Waals surface area contributed by atoms with Crippen LogP contribution in [0.2, 0.25) is 0 Å². The number of hydrogen-bond donors (Lipinski definition) is 1. The van der Waals surface area contributed by atoms with Crippen LogP contribution in [0.1, 0.15) is 29.5 Å². The van der Waals surface area contributed by atoms with Gasteiger partial charge in [-0.1, -0.05) is 0 Å². The molecule has 0 radical (unpaired) electrons. The molecule has 1 fully saturated rings.